The van der Waals surface area contributed by atoms with E-state index in [0.29, 0.717) is 18.7 Å². The van der Waals surface area contributed by atoms with Gasteiger partial charge in [-0.15, -0.1) is 0 Å². The first-order valence-corrected chi connectivity index (χ1v) is 8.39. The van der Waals surface area contributed by atoms with Gasteiger partial charge >= 0.3 is 5.69 Å². The van der Waals surface area contributed by atoms with Crippen LogP contribution in [0.3, 0.4) is 0 Å². The molecule has 6 heteroatoms. The molecule has 1 aliphatic rings. The summed E-state index contributed by atoms with van der Waals surface area (Å²) in [6.45, 7) is 2.74. The molecule has 1 saturated heterocycles. The third-order valence-corrected chi connectivity index (χ3v) is 4.40. The number of carbonyl (C=O) groups excluding carboxylic acids is 1. The fraction of sp³-hybridized carbons (Fsp3) is 0.316. The predicted octanol–water partition coefficient (Wildman–Crippen LogP) is 3.97. The molecule has 25 heavy (non-hydrogen) atoms. The first kappa shape index (κ1) is 17.0. The van der Waals surface area contributed by atoms with Gasteiger partial charge in [0.25, 0.3) is 5.91 Å². The van der Waals surface area contributed by atoms with Gasteiger partial charge in [0.05, 0.1) is 17.6 Å². The molecule has 2 aromatic rings. The highest BCUT2D eigenvalue weighted by atomic mass is 16.6. The van der Waals surface area contributed by atoms with Crippen molar-refractivity contribution in [2.45, 2.75) is 25.8 Å². The van der Waals surface area contributed by atoms with Crippen molar-refractivity contribution < 1.29 is 14.5 Å². The first-order valence-electron chi connectivity index (χ1n) is 8.39. The fourth-order valence-corrected chi connectivity index (χ4v) is 3.27. The second kappa shape index (κ2) is 7.34. The largest absolute Gasteiger partial charge is 0.487 e. The number of carbonyl (C=O) groups is 1. The zero-order valence-corrected chi connectivity index (χ0v) is 14.1. The number of nitro benzene ring substituents is 1. The molecule has 0 bridgehead atoms. The summed E-state index contributed by atoms with van der Waals surface area (Å²) in [6, 6.07) is 14.3. The summed E-state index contributed by atoms with van der Waals surface area (Å²) >= 11 is 0. The Labute approximate surface area is 146 Å². The maximum atomic E-state index is 12.9. The molecule has 1 aliphatic heterocycles. The normalized spacial score (nSPS) is 16.7. The average Bonchev–Trinajstić information content (AvgIpc) is 3.12. The lowest BCUT2D eigenvalue weighted by Crippen LogP contribution is -2.30. The number of nitrogens with zero attached hydrogens (tertiary/aromatic N) is 2. The van der Waals surface area contributed by atoms with E-state index in [9.17, 15) is 14.9 Å². The molecule has 1 unspecified atom stereocenters. The Morgan fingerprint density at radius 1 is 1.28 bits per heavy atom. The number of hydrogen-bond acceptors (Lipinski definition) is 4. The number of amides is 1. The minimum atomic E-state index is -0.513. The molecule has 1 atom stereocenters. The van der Waals surface area contributed by atoms with Gasteiger partial charge in [0.1, 0.15) is 0 Å². The van der Waals surface area contributed by atoms with Crippen molar-refractivity contribution in [3.63, 3.8) is 0 Å². The van der Waals surface area contributed by atoms with Crippen LogP contribution in [-0.4, -0.2) is 28.9 Å². The Morgan fingerprint density at radius 2 is 2.04 bits per heavy atom. The van der Waals surface area contributed by atoms with E-state index in [1.807, 2.05) is 30.3 Å². The highest BCUT2D eigenvalue weighted by Gasteiger charge is 2.31. The maximum absolute atomic E-state index is 12.9. The van der Waals surface area contributed by atoms with Gasteiger partial charge < -0.3 is 9.64 Å². The lowest BCUT2D eigenvalue weighted by molar-refractivity contribution is -0.385. The van der Waals surface area contributed by atoms with Gasteiger partial charge in [-0.05, 0) is 37.5 Å². The number of nitro groups is 1. The number of likely N-dealkylation sites (tertiary alicyclic amines) is 1. The third kappa shape index (κ3) is 3.47. The molecule has 0 aromatic heterocycles. The fourth-order valence-electron chi connectivity index (χ4n) is 3.27. The molecule has 2 aromatic carbocycles. The van der Waals surface area contributed by atoms with E-state index in [1.165, 1.54) is 12.1 Å². The van der Waals surface area contributed by atoms with Crippen LogP contribution in [0.2, 0.25) is 0 Å². The van der Waals surface area contributed by atoms with E-state index >= 15 is 0 Å². The van der Waals surface area contributed by atoms with Crippen molar-refractivity contribution in [3.8, 4) is 5.75 Å². The van der Waals surface area contributed by atoms with Crippen LogP contribution >= 0.6 is 0 Å². The summed E-state index contributed by atoms with van der Waals surface area (Å²) in [6.07, 6.45) is 1.82. The van der Waals surface area contributed by atoms with Crippen LogP contribution in [0.25, 0.3) is 0 Å². The highest BCUT2D eigenvalue weighted by Crippen LogP contribution is 2.34. The molecule has 0 spiro atoms. The Bertz CT molecular complexity index is 776. The van der Waals surface area contributed by atoms with Crippen LogP contribution in [0.4, 0.5) is 5.69 Å². The standard InChI is InChI=1S/C19H20N2O4/c1-2-25-18-11-10-15(13-17(18)21(23)24)19(22)20-12-6-9-16(20)14-7-4-3-5-8-14/h3-5,7-8,10-11,13,16H,2,6,9,12H2,1H3. The van der Waals surface area contributed by atoms with Crippen molar-refractivity contribution >= 4 is 11.6 Å². The van der Waals surface area contributed by atoms with Crippen LogP contribution < -0.4 is 4.74 Å². The smallest absolute Gasteiger partial charge is 0.311 e. The van der Waals surface area contributed by atoms with Crippen LogP contribution in [0.15, 0.2) is 48.5 Å². The SMILES string of the molecule is CCOc1ccc(C(=O)N2CCCC2c2ccccc2)cc1[N+](=O)[O-]. The molecule has 0 aliphatic carbocycles. The maximum Gasteiger partial charge on any atom is 0.311 e. The third-order valence-electron chi connectivity index (χ3n) is 4.40. The topological polar surface area (TPSA) is 72.7 Å². The number of benzene rings is 2. The van der Waals surface area contributed by atoms with E-state index in [4.69, 9.17) is 4.74 Å². The van der Waals surface area contributed by atoms with Crippen molar-refractivity contribution in [2.24, 2.45) is 0 Å². The Hall–Kier alpha value is -2.89. The van der Waals surface area contributed by atoms with Gasteiger partial charge in [0.15, 0.2) is 5.75 Å². The summed E-state index contributed by atoms with van der Waals surface area (Å²) in [7, 11) is 0. The van der Waals surface area contributed by atoms with Crippen LogP contribution in [0, 0.1) is 10.1 Å². The van der Waals surface area contributed by atoms with Crippen molar-refractivity contribution in [2.75, 3.05) is 13.2 Å². The van der Waals surface area contributed by atoms with Crippen molar-refractivity contribution in [1.29, 1.82) is 0 Å². The summed E-state index contributed by atoms with van der Waals surface area (Å²) in [5.74, 6) is 0.00239. The molecule has 0 radical (unpaired) electrons. The van der Waals surface area contributed by atoms with E-state index in [1.54, 1.807) is 17.9 Å². The van der Waals surface area contributed by atoms with Gasteiger partial charge in [-0.25, -0.2) is 0 Å². The van der Waals surface area contributed by atoms with Crippen LogP contribution in [0.1, 0.15) is 41.7 Å². The van der Waals surface area contributed by atoms with Gasteiger partial charge in [-0.2, -0.15) is 0 Å². The summed E-state index contributed by atoms with van der Waals surface area (Å²) in [5, 5.41) is 11.3. The molecule has 1 fully saturated rings. The zero-order valence-electron chi connectivity index (χ0n) is 14.1. The molecular weight excluding hydrogens is 320 g/mol. The first-order chi connectivity index (χ1) is 12.1. The Balaban J connectivity index is 1.89. The highest BCUT2D eigenvalue weighted by molar-refractivity contribution is 5.95. The summed E-state index contributed by atoms with van der Waals surface area (Å²) < 4.78 is 5.28. The molecule has 1 heterocycles. The quantitative estimate of drug-likeness (QED) is 0.610. The molecule has 1 amide bonds. The Kier molecular flexibility index (Phi) is 4.97. The van der Waals surface area contributed by atoms with Gasteiger partial charge in [-0.1, -0.05) is 30.3 Å². The zero-order chi connectivity index (χ0) is 17.8. The molecule has 0 saturated carbocycles. The minimum Gasteiger partial charge on any atom is -0.487 e. The number of hydrogen-bond donors (Lipinski definition) is 0. The summed E-state index contributed by atoms with van der Waals surface area (Å²) in [5.41, 5.74) is 1.23. The van der Waals surface area contributed by atoms with Crippen LogP contribution in [0.5, 0.6) is 5.75 Å². The van der Waals surface area contributed by atoms with Crippen molar-refractivity contribution in [1.82, 2.24) is 4.90 Å². The summed E-state index contributed by atoms with van der Waals surface area (Å²) in [4.78, 5) is 25.5. The van der Waals surface area contributed by atoms with E-state index in [0.717, 1.165) is 18.4 Å². The monoisotopic (exact) mass is 340 g/mol. The van der Waals surface area contributed by atoms with E-state index in [2.05, 4.69) is 0 Å². The predicted molar refractivity (Wildman–Crippen MR) is 93.7 cm³/mol. The van der Waals surface area contributed by atoms with Crippen molar-refractivity contribution in [3.05, 3.63) is 69.8 Å². The molecule has 0 N–H and O–H groups in total. The number of ether oxygens (including phenoxy) is 1. The molecule has 6 nitrogen and oxygen atoms in total. The molecule has 3 rings (SSSR count). The van der Waals surface area contributed by atoms with Crippen LogP contribution in [-0.2, 0) is 0 Å². The molecular formula is C19H20N2O4. The van der Waals surface area contributed by atoms with Gasteiger partial charge in [0.2, 0.25) is 0 Å². The lowest BCUT2D eigenvalue weighted by atomic mass is 10.0. The number of rotatable bonds is 5. The molecule has 130 valence electrons. The average molecular weight is 340 g/mol. The van der Waals surface area contributed by atoms with E-state index < -0.39 is 4.92 Å². The lowest BCUT2D eigenvalue weighted by Gasteiger charge is -2.25. The van der Waals surface area contributed by atoms with Gasteiger partial charge in [-0.3, -0.25) is 14.9 Å². The second-order valence-corrected chi connectivity index (χ2v) is 5.94. The second-order valence-electron chi connectivity index (χ2n) is 5.94. The van der Waals surface area contributed by atoms with E-state index in [-0.39, 0.29) is 23.4 Å². The van der Waals surface area contributed by atoms with Gasteiger partial charge in [0, 0.05) is 18.2 Å². The Morgan fingerprint density at radius 3 is 2.72 bits per heavy atom. The minimum absolute atomic E-state index is 0.0133.